The van der Waals surface area contributed by atoms with E-state index in [1.165, 1.54) is 17.7 Å². The summed E-state index contributed by atoms with van der Waals surface area (Å²) in [6.45, 7) is 0. The molecule has 7 heteroatoms. The summed E-state index contributed by atoms with van der Waals surface area (Å²) < 4.78 is 0. The van der Waals surface area contributed by atoms with E-state index in [1.54, 1.807) is 17.8 Å². The van der Waals surface area contributed by atoms with Crippen LogP contribution in [-0.2, 0) is 4.79 Å². The third-order valence-corrected chi connectivity index (χ3v) is 3.29. The molecule has 0 radical (unpaired) electrons. The molecule has 0 saturated carbocycles. The number of halogens is 1. The lowest BCUT2D eigenvalue weighted by Gasteiger charge is -1.97. The predicted octanol–water partition coefficient (Wildman–Crippen LogP) is 2.08. The van der Waals surface area contributed by atoms with Gasteiger partial charge in [-0.3, -0.25) is 9.78 Å². The lowest BCUT2D eigenvalue weighted by atomic mass is 10.1. The van der Waals surface area contributed by atoms with Gasteiger partial charge in [-0.25, -0.2) is 9.97 Å². The first-order chi connectivity index (χ1) is 8.25. The van der Waals surface area contributed by atoms with Gasteiger partial charge in [0, 0.05) is 11.1 Å². The molecule has 0 bridgehead atoms. The molecule has 0 aliphatic carbocycles. The maximum Gasteiger partial charge on any atom is 0.257 e. The Morgan fingerprint density at radius 3 is 3.06 bits per heavy atom. The zero-order valence-electron chi connectivity index (χ0n) is 8.35. The summed E-state index contributed by atoms with van der Waals surface area (Å²) in [6, 6.07) is 0. The highest BCUT2D eigenvalue weighted by molar-refractivity contribution is 7.10. The first-order valence-corrected chi connectivity index (χ1v) is 5.94. The minimum Gasteiger partial charge on any atom is -0.306 e. The Kier molecular flexibility index (Phi) is 2.38. The zero-order chi connectivity index (χ0) is 11.8. The van der Waals surface area contributed by atoms with E-state index in [1.807, 2.05) is 0 Å². The number of nitrogens with one attached hydrogen (secondary N) is 1. The molecule has 84 valence electrons. The fourth-order valence-corrected chi connectivity index (χ4v) is 2.35. The van der Waals surface area contributed by atoms with Gasteiger partial charge in [-0.15, -0.1) is 11.3 Å². The Labute approximate surface area is 105 Å². The van der Waals surface area contributed by atoms with Crippen molar-refractivity contribution in [3.05, 3.63) is 33.6 Å². The summed E-state index contributed by atoms with van der Waals surface area (Å²) in [5.41, 5.74) is 2.71. The molecule has 1 aliphatic heterocycles. The van der Waals surface area contributed by atoms with Gasteiger partial charge in [0.1, 0.15) is 17.3 Å². The van der Waals surface area contributed by atoms with Crippen LogP contribution in [0.1, 0.15) is 10.4 Å². The zero-order valence-corrected chi connectivity index (χ0v) is 9.92. The molecule has 1 amide bonds. The number of fused-ring (bicyclic) bond motifs is 1. The van der Waals surface area contributed by atoms with Crippen molar-refractivity contribution in [1.29, 1.82) is 0 Å². The van der Waals surface area contributed by atoms with Crippen molar-refractivity contribution in [2.45, 2.75) is 0 Å². The van der Waals surface area contributed by atoms with Gasteiger partial charge in [-0.05, 0) is 6.08 Å². The van der Waals surface area contributed by atoms with Crippen LogP contribution in [0.4, 0.5) is 5.82 Å². The molecule has 0 atom stereocenters. The Bertz CT molecular complexity index is 623. The van der Waals surface area contributed by atoms with Crippen molar-refractivity contribution < 1.29 is 4.79 Å². The number of rotatable bonds is 1. The van der Waals surface area contributed by atoms with Crippen molar-refractivity contribution in [2.75, 3.05) is 5.32 Å². The molecule has 5 nitrogen and oxygen atoms in total. The summed E-state index contributed by atoms with van der Waals surface area (Å²) in [5.74, 6) is 0.224. The summed E-state index contributed by atoms with van der Waals surface area (Å²) in [4.78, 5) is 24.5. The lowest BCUT2D eigenvalue weighted by Crippen LogP contribution is -2.04. The maximum absolute atomic E-state index is 11.8. The summed E-state index contributed by atoms with van der Waals surface area (Å²) >= 11 is 7.41. The predicted molar refractivity (Wildman–Crippen MR) is 65.7 cm³/mol. The van der Waals surface area contributed by atoms with Gasteiger partial charge in [0.2, 0.25) is 0 Å². The third-order valence-electron chi connectivity index (χ3n) is 2.28. The van der Waals surface area contributed by atoms with E-state index in [-0.39, 0.29) is 11.1 Å². The van der Waals surface area contributed by atoms with Gasteiger partial charge in [0.25, 0.3) is 5.91 Å². The largest absolute Gasteiger partial charge is 0.306 e. The molecule has 3 rings (SSSR count). The van der Waals surface area contributed by atoms with Crippen molar-refractivity contribution in [3.63, 3.8) is 0 Å². The van der Waals surface area contributed by atoms with Crippen LogP contribution < -0.4 is 5.32 Å². The number of amides is 1. The van der Waals surface area contributed by atoms with Crippen LogP contribution in [0.5, 0.6) is 0 Å². The van der Waals surface area contributed by atoms with E-state index < -0.39 is 0 Å². The quantitative estimate of drug-likeness (QED) is 0.632. The van der Waals surface area contributed by atoms with Crippen molar-refractivity contribution >= 4 is 46.3 Å². The Balaban J connectivity index is 2.17. The van der Waals surface area contributed by atoms with Gasteiger partial charge >= 0.3 is 0 Å². The van der Waals surface area contributed by atoms with Crippen LogP contribution in [0.3, 0.4) is 0 Å². The molecule has 0 fully saturated rings. The molecular weight excluding hydrogens is 260 g/mol. The minimum absolute atomic E-state index is 0.226. The van der Waals surface area contributed by atoms with Gasteiger partial charge in [0.05, 0.1) is 16.6 Å². The standard InChI is InChI=1S/C10H5ClN4OS/c11-8-7-6(1-5-2-12-4-17-5)10(16)15-9(7)14-3-13-8/h1-4H,(H,13,14,15,16). The Morgan fingerprint density at radius 1 is 1.41 bits per heavy atom. The van der Waals surface area contributed by atoms with Crippen LogP contribution in [0.25, 0.3) is 11.6 Å². The molecule has 0 spiro atoms. The maximum atomic E-state index is 11.8. The van der Waals surface area contributed by atoms with E-state index in [0.29, 0.717) is 17.0 Å². The van der Waals surface area contributed by atoms with Crippen LogP contribution in [-0.4, -0.2) is 20.9 Å². The number of hydrogen-bond acceptors (Lipinski definition) is 5. The third kappa shape index (κ3) is 1.71. The number of carbonyl (C=O) groups is 1. The number of aromatic nitrogens is 3. The second-order valence-electron chi connectivity index (χ2n) is 3.30. The summed E-state index contributed by atoms with van der Waals surface area (Å²) in [6.07, 6.45) is 4.73. The fourth-order valence-electron chi connectivity index (χ4n) is 1.56. The van der Waals surface area contributed by atoms with E-state index in [2.05, 4.69) is 20.3 Å². The number of nitrogens with zero attached hydrogens (tertiary/aromatic N) is 3. The van der Waals surface area contributed by atoms with Crippen LogP contribution in [0.15, 0.2) is 18.0 Å². The van der Waals surface area contributed by atoms with Gasteiger partial charge in [0.15, 0.2) is 0 Å². The summed E-state index contributed by atoms with van der Waals surface area (Å²) in [5, 5.41) is 2.91. The van der Waals surface area contributed by atoms with Crippen LogP contribution in [0.2, 0.25) is 5.15 Å². The molecule has 0 aromatic carbocycles. The fraction of sp³-hybridized carbons (Fsp3) is 0. The molecule has 3 heterocycles. The molecular formula is C10H5ClN4OS. The Morgan fingerprint density at radius 2 is 2.29 bits per heavy atom. The normalized spacial score (nSPS) is 16.1. The molecule has 0 unspecified atom stereocenters. The molecule has 2 aromatic rings. The SMILES string of the molecule is O=C1Nc2ncnc(Cl)c2C1=Cc1cncs1. The first kappa shape index (κ1) is 10.4. The van der Waals surface area contributed by atoms with Crippen LogP contribution >= 0.6 is 22.9 Å². The monoisotopic (exact) mass is 264 g/mol. The first-order valence-electron chi connectivity index (χ1n) is 4.68. The lowest BCUT2D eigenvalue weighted by molar-refractivity contribution is -0.110. The Hall–Kier alpha value is -1.79. The van der Waals surface area contributed by atoms with E-state index >= 15 is 0 Å². The topological polar surface area (TPSA) is 67.8 Å². The van der Waals surface area contributed by atoms with Gasteiger partial charge in [-0.1, -0.05) is 11.6 Å². The second kappa shape index (κ2) is 3.90. The number of hydrogen-bond donors (Lipinski definition) is 1. The number of thiazole rings is 1. The van der Waals surface area contributed by atoms with Gasteiger partial charge < -0.3 is 5.32 Å². The van der Waals surface area contributed by atoms with Crippen molar-refractivity contribution in [1.82, 2.24) is 15.0 Å². The van der Waals surface area contributed by atoms with Crippen molar-refractivity contribution in [3.8, 4) is 0 Å². The second-order valence-corrected chi connectivity index (χ2v) is 4.58. The van der Waals surface area contributed by atoms with E-state index in [4.69, 9.17) is 11.6 Å². The van der Waals surface area contributed by atoms with Gasteiger partial charge in [-0.2, -0.15) is 0 Å². The highest BCUT2D eigenvalue weighted by Gasteiger charge is 2.28. The average Bonchev–Trinajstić information content (AvgIpc) is 2.89. The number of carbonyl (C=O) groups excluding carboxylic acids is 1. The molecule has 17 heavy (non-hydrogen) atoms. The molecule has 1 aliphatic rings. The average molecular weight is 265 g/mol. The summed E-state index contributed by atoms with van der Waals surface area (Å²) in [7, 11) is 0. The number of anilines is 1. The minimum atomic E-state index is -0.226. The van der Waals surface area contributed by atoms with Crippen LogP contribution in [0, 0.1) is 0 Å². The molecule has 0 saturated heterocycles. The highest BCUT2D eigenvalue weighted by atomic mass is 35.5. The highest BCUT2D eigenvalue weighted by Crippen LogP contribution is 2.35. The molecule has 1 N–H and O–H groups in total. The smallest absolute Gasteiger partial charge is 0.257 e. The van der Waals surface area contributed by atoms with Crippen molar-refractivity contribution in [2.24, 2.45) is 0 Å². The van der Waals surface area contributed by atoms with E-state index in [0.717, 1.165) is 4.88 Å². The molecule has 2 aromatic heterocycles. The van der Waals surface area contributed by atoms with E-state index in [9.17, 15) is 4.79 Å².